The van der Waals surface area contributed by atoms with Crippen LogP contribution in [-0.2, 0) is 0 Å². The number of pyridine rings is 1. The molecule has 1 atom stereocenters. The molecule has 132 valence electrons. The van der Waals surface area contributed by atoms with Crippen LogP contribution in [-0.4, -0.2) is 42.2 Å². The van der Waals surface area contributed by atoms with E-state index in [1.165, 1.54) is 0 Å². The summed E-state index contributed by atoms with van der Waals surface area (Å²) in [7, 11) is 1.59. The van der Waals surface area contributed by atoms with Crippen LogP contribution in [0.15, 0.2) is 42.7 Å². The Morgan fingerprint density at radius 1 is 1.40 bits per heavy atom. The van der Waals surface area contributed by atoms with Gasteiger partial charge in [-0.15, -0.1) is 0 Å². The van der Waals surface area contributed by atoms with Gasteiger partial charge in [-0.1, -0.05) is 17.7 Å². The van der Waals surface area contributed by atoms with Gasteiger partial charge in [-0.25, -0.2) is 4.79 Å². The number of methoxy groups -OCH3 is 1. The molecule has 1 aliphatic rings. The number of piperidine rings is 1. The van der Waals surface area contributed by atoms with Gasteiger partial charge in [-0.05, 0) is 25.0 Å². The van der Waals surface area contributed by atoms with Crippen LogP contribution < -0.4 is 14.8 Å². The highest BCUT2D eigenvalue weighted by molar-refractivity contribution is 6.31. The van der Waals surface area contributed by atoms with E-state index in [1.807, 2.05) is 18.2 Å². The third-order valence-corrected chi connectivity index (χ3v) is 4.30. The fraction of sp³-hybridized carbons (Fsp3) is 0.333. The van der Waals surface area contributed by atoms with E-state index >= 15 is 0 Å². The second-order valence-corrected chi connectivity index (χ2v) is 6.20. The number of hydrogen-bond donors (Lipinski definition) is 1. The van der Waals surface area contributed by atoms with Crippen molar-refractivity contribution in [3.8, 4) is 11.5 Å². The summed E-state index contributed by atoms with van der Waals surface area (Å²) in [6, 6.07) is 8.86. The van der Waals surface area contributed by atoms with E-state index in [-0.39, 0.29) is 12.1 Å². The van der Waals surface area contributed by atoms with Crippen molar-refractivity contribution in [1.29, 1.82) is 0 Å². The molecule has 0 radical (unpaired) electrons. The number of amides is 2. The molecule has 2 amide bonds. The maximum atomic E-state index is 12.5. The first kappa shape index (κ1) is 17.4. The Morgan fingerprint density at radius 2 is 2.28 bits per heavy atom. The summed E-state index contributed by atoms with van der Waals surface area (Å²) in [5.74, 6) is 1.29. The molecule has 1 fully saturated rings. The highest BCUT2D eigenvalue weighted by Crippen LogP contribution is 2.26. The highest BCUT2D eigenvalue weighted by Gasteiger charge is 2.25. The van der Waals surface area contributed by atoms with Gasteiger partial charge in [0.05, 0.1) is 13.7 Å². The molecule has 1 unspecified atom stereocenters. The molecular weight excluding hydrogens is 342 g/mol. The summed E-state index contributed by atoms with van der Waals surface area (Å²) in [6.07, 6.45) is 4.84. The second kappa shape index (κ2) is 8.07. The van der Waals surface area contributed by atoms with Gasteiger partial charge in [0.1, 0.15) is 22.6 Å². The van der Waals surface area contributed by atoms with Gasteiger partial charge in [-0.3, -0.25) is 4.98 Å². The smallest absolute Gasteiger partial charge is 0.321 e. The molecule has 1 aliphatic heterocycles. The number of rotatable bonds is 4. The lowest BCUT2D eigenvalue weighted by atomic mass is 10.1. The minimum absolute atomic E-state index is 0.0929. The van der Waals surface area contributed by atoms with E-state index in [1.54, 1.807) is 36.5 Å². The molecule has 2 heterocycles. The van der Waals surface area contributed by atoms with Crippen molar-refractivity contribution in [3.63, 3.8) is 0 Å². The Hall–Kier alpha value is -2.47. The van der Waals surface area contributed by atoms with Gasteiger partial charge in [-0.2, -0.15) is 0 Å². The lowest BCUT2D eigenvalue weighted by Crippen LogP contribution is -2.46. The normalized spacial score (nSPS) is 17.0. The molecule has 3 rings (SSSR count). The van der Waals surface area contributed by atoms with Crippen molar-refractivity contribution < 1.29 is 14.3 Å². The number of anilines is 1. The van der Waals surface area contributed by atoms with Crippen molar-refractivity contribution in [3.05, 3.63) is 47.7 Å². The zero-order valence-electron chi connectivity index (χ0n) is 13.9. The van der Waals surface area contributed by atoms with E-state index in [2.05, 4.69) is 10.3 Å². The van der Waals surface area contributed by atoms with Crippen molar-refractivity contribution in [2.24, 2.45) is 0 Å². The van der Waals surface area contributed by atoms with Crippen LogP contribution in [0.1, 0.15) is 12.8 Å². The minimum atomic E-state index is -0.151. The number of urea groups is 1. The van der Waals surface area contributed by atoms with E-state index in [9.17, 15) is 4.79 Å². The molecule has 1 saturated heterocycles. The zero-order chi connectivity index (χ0) is 17.6. The van der Waals surface area contributed by atoms with Crippen LogP contribution in [0, 0.1) is 0 Å². The number of benzene rings is 1. The molecule has 6 nitrogen and oxygen atoms in total. The standard InChI is InChI=1S/C18H20ClN3O3/c1-24-14-5-2-4-13(10-14)21-18(23)22-9-3-6-15(12-22)25-17-7-8-20-11-16(17)19/h2,4-5,7-8,10-11,15H,3,6,9,12H2,1H3,(H,21,23). The molecule has 0 spiro atoms. The van der Waals surface area contributed by atoms with Gasteiger partial charge < -0.3 is 19.7 Å². The third kappa shape index (κ3) is 4.54. The first-order valence-electron chi connectivity index (χ1n) is 8.12. The minimum Gasteiger partial charge on any atom is -0.497 e. The van der Waals surface area contributed by atoms with Crippen molar-refractivity contribution in [1.82, 2.24) is 9.88 Å². The van der Waals surface area contributed by atoms with Gasteiger partial charge in [0.25, 0.3) is 0 Å². The topological polar surface area (TPSA) is 63.7 Å². The molecule has 1 aromatic heterocycles. The number of nitrogens with zero attached hydrogens (tertiary/aromatic N) is 2. The number of aromatic nitrogens is 1. The lowest BCUT2D eigenvalue weighted by molar-refractivity contribution is 0.106. The zero-order valence-corrected chi connectivity index (χ0v) is 14.7. The Balaban J connectivity index is 1.60. The second-order valence-electron chi connectivity index (χ2n) is 5.80. The summed E-state index contributed by atoms with van der Waals surface area (Å²) in [5.41, 5.74) is 0.699. The maximum absolute atomic E-state index is 12.5. The van der Waals surface area contributed by atoms with Crippen molar-refractivity contribution in [2.45, 2.75) is 18.9 Å². The molecular formula is C18H20ClN3O3. The predicted octanol–water partition coefficient (Wildman–Crippen LogP) is 3.82. The van der Waals surface area contributed by atoms with Crippen LogP contribution >= 0.6 is 11.6 Å². The summed E-state index contributed by atoms with van der Waals surface area (Å²) in [5, 5.41) is 3.37. The molecule has 25 heavy (non-hydrogen) atoms. The maximum Gasteiger partial charge on any atom is 0.321 e. The first-order chi connectivity index (χ1) is 12.2. The number of carbonyl (C=O) groups is 1. The molecule has 7 heteroatoms. The molecule has 0 saturated carbocycles. The molecule has 2 aromatic rings. The fourth-order valence-electron chi connectivity index (χ4n) is 2.76. The van der Waals surface area contributed by atoms with Crippen molar-refractivity contribution >= 4 is 23.3 Å². The summed E-state index contributed by atoms with van der Waals surface area (Å²) < 4.78 is 11.1. The number of likely N-dealkylation sites (tertiary alicyclic amines) is 1. The largest absolute Gasteiger partial charge is 0.497 e. The van der Waals surface area contributed by atoms with E-state index in [0.717, 1.165) is 12.8 Å². The summed E-state index contributed by atoms with van der Waals surface area (Å²) >= 11 is 6.09. The molecule has 0 aliphatic carbocycles. The van der Waals surface area contributed by atoms with E-state index in [4.69, 9.17) is 21.1 Å². The lowest BCUT2D eigenvalue weighted by Gasteiger charge is -2.33. The Bertz CT molecular complexity index is 741. The Morgan fingerprint density at radius 3 is 3.08 bits per heavy atom. The Kier molecular flexibility index (Phi) is 5.60. The van der Waals surface area contributed by atoms with Crippen molar-refractivity contribution in [2.75, 3.05) is 25.5 Å². The molecule has 1 N–H and O–H groups in total. The average molecular weight is 362 g/mol. The quantitative estimate of drug-likeness (QED) is 0.899. The van der Waals surface area contributed by atoms with Crippen LogP contribution in [0.2, 0.25) is 5.02 Å². The monoisotopic (exact) mass is 361 g/mol. The van der Waals surface area contributed by atoms with E-state index in [0.29, 0.717) is 35.3 Å². The van der Waals surface area contributed by atoms with Crippen LogP contribution in [0.3, 0.4) is 0 Å². The summed E-state index contributed by atoms with van der Waals surface area (Å²) in [6.45, 7) is 1.20. The highest BCUT2D eigenvalue weighted by atomic mass is 35.5. The van der Waals surface area contributed by atoms with Crippen LogP contribution in [0.5, 0.6) is 11.5 Å². The van der Waals surface area contributed by atoms with Gasteiger partial charge in [0.15, 0.2) is 0 Å². The number of ether oxygens (including phenoxy) is 2. The SMILES string of the molecule is COc1cccc(NC(=O)N2CCCC(Oc3ccncc3Cl)C2)c1. The number of halogens is 1. The van der Waals surface area contributed by atoms with Gasteiger partial charge in [0.2, 0.25) is 0 Å². The number of nitrogens with one attached hydrogen (secondary N) is 1. The van der Waals surface area contributed by atoms with Gasteiger partial charge >= 0.3 is 6.03 Å². The molecule has 1 aromatic carbocycles. The predicted molar refractivity (Wildman–Crippen MR) is 96.5 cm³/mol. The summed E-state index contributed by atoms with van der Waals surface area (Å²) in [4.78, 5) is 18.2. The fourth-order valence-corrected chi connectivity index (χ4v) is 2.92. The average Bonchev–Trinajstić information content (AvgIpc) is 2.64. The molecule has 0 bridgehead atoms. The number of carbonyl (C=O) groups excluding carboxylic acids is 1. The van der Waals surface area contributed by atoms with E-state index < -0.39 is 0 Å². The first-order valence-corrected chi connectivity index (χ1v) is 8.49. The number of hydrogen-bond acceptors (Lipinski definition) is 4. The van der Waals surface area contributed by atoms with Gasteiger partial charge in [0, 0.05) is 36.8 Å². The van der Waals surface area contributed by atoms with Crippen LogP contribution in [0.4, 0.5) is 10.5 Å². The third-order valence-electron chi connectivity index (χ3n) is 4.02. The Labute approximate surface area is 151 Å². The van der Waals surface area contributed by atoms with Crippen LogP contribution in [0.25, 0.3) is 0 Å².